The Bertz CT molecular complexity index is 1430. The number of carbonyl (C=O) groups is 1. The molecule has 1 aromatic heterocycles. The highest BCUT2D eigenvalue weighted by atomic mass is 19.3. The Morgan fingerprint density at radius 2 is 1.88 bits per heavy atom. The van der Waals surface area contributed by atoms with Crippen molar-refractivity contribution in [1.29, 1.82) is 0 Å². The van der Waals surface area contributed by atoms with E-state index in [-0.39, 0.29) is 19.0 Å². The summed E-state index contributed by atoms with van der Waals surface area (Å²) in [4.78, 5) is 28.4. The number of nitrogens with zero attached hydrogens (tertiary/aromatic N) is 2. The molecule has 2 aliphatic rings. The lowest BCUT2D eigenvalue weighted by Crippen LogP contribution is -2.73. The van der Waals surface area contributed by atoms with Gasteiger partial charge in [0.15, 0.2) is 12.2 Å². The van der Waals surface area contributed by atoms with E-state index >= 15 is 0 Å². The Balaban J connectivity index is 1.27. The first-order valence-corrected chi connectivity index (χ1v) is 13.1. The molecule has 4 N–H and O–H groups in total. The number of carbonyl (C=O) groups excluding carboxylic acids is 1. The first-order chi connectivity index (χ1) is 20.1. The van der Waals surface area contributed by atoms with E-state index < -0.39 is 60.7 Å². The molecule has 2 aromatic carbocycles. The van der Waals surface area contributed by atoms with Gasteiger partial charge in [-0.3, -0.25) is 9.36 Å². The third kappa shape index (κ3) is 6.12. The summed E-state index contributed by atoms with van der Waals surface area (Å²) in [6.07, 6.45) is -5.89. The number of nitrogens with one attached hydrogen (secondary N) is 1. The van der Waals surface area contributed by atoms with Crippen LogP contribution < -0.4 is 21.5 Å². The van der Waals surface area contributed by atoms with Crippen LogP contribution in [0, 0.1) is 0 Å². The largest absolute Gasteiger partial charge is 0.460 e. The van der Waals surface area contributed by atoms with Crippen LogP contribution in [0.4, 0.5) is 14.6 Å². The molecular weight excluding hydrogens is 558 g/mol. The summed E-state index contributed by atoms with van der Waals surface area (Å²) < 4.78 is 58.9. The third-order valence-corrected chi connectivity index (χ3v) is 6.83. The summed E-state index contributed by atoms with van der Waals surface area (Å²) in [5.41, 5.74) is 5.19. The number of nitrogen functional groups attached to an aromatic ring is 1. The van der Waals surface area contributed by atoms with Crippen molar-refractivity contribution >= 4 is 11.8 Å². The van der Waals surface area contributed by atoms with E-state index in [1.165, 1.54) is 0 Å². The van der Waals surface area contributed by atoms with Gasteiger partial charge in [0.25, 0.3) is 0 Å². The number of aromatic nitrogens is 2. The molecule has 0 radical (unpaired) electrons. The number of esters is 1. The van der Waals surface area contributed by atoms with Crippen molar-refractivity contribution in [2.75, 3.05) is 18.9 Å². The van der Waals surface area contributed by atoms with Crippen LogP contribution in [0.1, 0.15) is 18.7 Å². The SMILES string of the molecule is C[C@H](N[C@]1(Oc2ccccc2)OCC1OC[C@H]1O[C@@H](n2ccc(N)nc2=O)C(F)(F)[C@@H]1O)C(=O)OCc1ccccc1. The van der Waals surface area contributed by atoms with E-state index in [2.05, 4.69) is 10.3 Å². The van der Waals surface area contributed by atoms with Crippen molar-refractivity contribution in [3.05, 3.63) is 89.0 Å². The van der Waals surface area contributed by atoms with Crippen LogP contribution in [-0.2, 0) is 30.3 Å². The summed E-state index contributed by atoms with van der Waals surface area (Å²) in [6, 6.07) is 17.9. The fourth-order valence-corrected chi connectivity index (χ4v) is 4.52. The molecule has 5 rings (SSSR count). The van der Waals surface area contributed by atoms with Gasteiger partial charge < -0.3 is 34.5 Å². The maximum atomic E-state index is 15.0. The van der Waals surface area contributed by atoms with E-state index in [9.17, 15) is 23.5 Å². The molecule has 6 atom stereocenters. The number of hydrogen-bond donors (Lipinski definition) is 3. The summed E-state index contributed by atoms with van der Waals surface area (Å²) >= 11 is 0. The summed E-state index contributed by atoms with van der Waals surface area (Å²) in [7, 11) is 0. The quantitative estimate of drug-likeness (QED) is 0.221. The number of benzene rings is 2. The second-order valence-electron chi connectivity index (χ2n) is 9.86. The molecule has 3 aromatic rings. The van der Waals surface area contributed by atoms with Crippen molar-refractivity contribution < 1.29 is 42.4 Å². The minimum Gasteiger partial charge on any atom is -0.460 e. The van der Waals surface area contributed by atoms with Gasteiger partial charge >= 0.3 is 23.5 Å². The Hall–Kier alpha value is -3.95. The van der Waals surface area contributed by atoms with E-state index in [0.717, 1.165) is 17.8 Å². The fourth-order valence-electron chi connectivity index (χ4n) is 4.52. The average molecular weight is 589 g/mol. The van der Waals surface area contributed by atoms with E-state index in [0.29, 0.717) is 10.3 Å². The van der Waals surface area contributed by atoms with Gasteiger partial charge in [-0.2, -0.15) is 13.8 Å². The number of aliphatic hydroxyl groups excluding tert-OH is 1. The highest BCUT2D eigenvalue weighted by Gasteiger charge is 2.61. The Kier molecular flexibility index (Phi) is 8.52. The van der Waals surface area contributed by atoms with Gasteiger partial charge in [0.2, 0.25) is 6.23 Å². The Morgan fingerprint density at radius 3 is 2.52 bits per heavy atom. The van der Waals surface area contributed by atoms with Crippen LogP contribution in [0.2, 0.25) is 0 Å². The summed E-state index contributed by atoms with van der Waals surface area (Å²) in [6.45, 7) is 1.05. The van der Waals surface area contributed by atoms with E-state index in [1.54, 1.807) is 37.3 Å². The topological polar surface area (TPSA) is 156 Å². The van der Waals surface area contributed by atoms with E-state index in [1.807, 2.05) is 30.3 Å². The van der Waals surface area contributed by atoms with Crippen LogP contribution >= 0.6 is 0 Å². The highest BCUT2D eigenvalue weighted by Crippen LogP contribution is 2.43. The first kappa shape index (κ1) is 29.5. The lowest BCUT2D eigenvalue weighted by atomic mass is 10.1. The normalized spacial score (nSPS) is 27.1. The lowest BCUT2D eigenvalue weighted by Gasteiger charge is -2.48. The number of ether oxygens (including phenoxy) is 5. The smallest absolute Gasteiger partial charge is 0.351 e. The molecule has 1 unspecified atom stereocenters. The maximum Gasteiger partial charge on any atom is 0.351 e. The van der Waals surface area contributed by atoms with Crippen molar-refractivity contribution in [1.82, 2.24) is 14.9 Å². The Morgan fingerprint density at radius 1 is 1.19 bits per heavy atom. The standard InChI is InChI=1S/C28H30F2N4O8/c1-17(24(36)39-14-18-8-4-2-5-9-18)33-28(42-19-10-6-3-7-11-19)21(16-40-28)38-15-20-23(35)27(29,30)25(41-20)34-13-12-22(31)32-26(34)37/h2-13,17,20-21,23,25,33,35H,14-16H2,1H3,(H2,31,32,37)/t17-,20+,21?,23+,25+,28-/m0/s1. The summed E-state index contributed by atoms with van der Waals surface area (Å²) in [5.74, 6) is -5.91. The molecule has 2 fully saturated rings. The van der Waals surface area contributed by atoms with Gasteiger partial charge in [-0.15, -0.1) is 0 Å². The number of halogens is 2. The second-order valence-corrected chi connectivity index (χ2v) is 9.86. The molecule has 0 bridgehead atoms. The number of rotatable bonds is 11. The zero-order valence-electron chi connectivity index (χ0n) is 22.5. The molecule has 42 heavy (non-hydrogen) atoms. The molecule has 224 valence electrons. The van der Waals surface area contributed by atoms with Crippen LogP contribution in [-0.4, -0.2) is 70.0 Å². The van der Waals surface area contributed by atoms with Gasteiger partial charge in [0, 0.05) is 6.20 Å². The summed E-state index contributed by atoms with van der Waals surface area (Å²) in [5, 5.41) is 13.3. The second kappa shape index (κ2) is 12.1. The molecule has 3 heterocycles. The zero-order valence-corrected chi connectivity index (χ0v) is 22.5. The van der Waals surface area contributed by atoms with Crippen LogP contribution in [0.15, 0.2) is 77.7 Å². The third-order valence-electron chi connectivity index (χ3n) is 6.83. The van der Waals surface area contributed by atoms with Gasteiger partial charge in [-0.25, -0.2) is 10.1 Å². The number of para-hydroxylation sites is 1. The van der Waals surface area contributed by atoms with Crippen molar-refractivity contribution in [2.24, 2.45) is 0 Å². The predicted molar refractivity (Wildman–Crippen MR) is 142 cm³/mol. The zero-order chi connectivity index (χ0) is 29.9. The minimum atomic E-state index is -3.85. The molecular formula is C28H30F2N4O8. The minimum absolute atomic E-state index is 0.0321. The molecule has 0 saturated carbocycles. The monoisotopic (exact) mass is 588 g/mol. The fraction of sp³-hybridized carbons (Fsp3) is 0.393. The number of nitrogens with two attached hydrogens (primary N) is 1. The lowest BCUT2D eigenvalue weighted by molar-refractivity contribution is -0.361. The van der Waals surface area contributed by atoms with Gasteiger partial charge in [-0.1, -0.05) is 48.5 Å². The van der Waals surface area contributed by atoms with Crippen LogP contribution in [0.25, 0.3) is 0 Å². The van der Waals surface area contributed by atoms with E-state index in [4.69, 9.17) is 29.4 Å². The molecule has 0 aliphatic carbocycles. The van der Waals surface area contributed by atoms with Gasteiger partial charge in [-0.05, 0) is 30.7 Å². The Labute approximate surface area is 238 Å². The molecule has 14 heteroatoms. The van der Waals surface area contributed by atoms with Crippen molar-refractivity contribution in [2.45, 2.75) is 55.9 Å². The van der Waals surface area contributed by atoms with Crippen molar-refractivity contribution in [3.63, 3.8) is 0 Å². The average Bonchev–Trinajstić information content (AvgIpc) is 3.19. The van der Waals surface area contributed by atoms with Crippen LogP contribution in [0.5, 0.6) is 5.75 Å². The highest BCUT2D eigenvalue weighted by molar-refractivity contribution is 5.75. The number of alkyl halides is 2. The first-order valence-electron chi connectivity index (χ1n) is 13.1. The molecule has 0 amide bonds. The molecule has 0 spiro atoms. The van der Waals surface area contributed by atoms with Crippen molar-refractivity contribution in [3.8, 4) is 5.75 Å². The van der Waals surface area contributed by atoms with Gasteiger partial charge in [0.1, 0.15) is 30.3 Å². The number of hydrogen-bond acceptors (Lipinski definition) is 11. The maximum absolute atomic E-state index is 15.0. The number of anilines is 1. The number of aliphatic hydroxyl groups is 1. The van der Waals surface area contributed by atoms with Gasteiger partial charge in [0.05, 0.1) is 13.2 Å². The van der Waals surface area contributed by atoms with Crippen LogP contribution in [0.3, 0.4) is 0 Å². The predicted octanol–water partition coefficient (Wildman–Crippen LogP) is 1.59. The molecule has 2 saturated heterocycles. The molecule has 2 aliphatic heterocycles. The molecule has 12 nitrogen and oxygen atoms in total.